The Morgan fingerprint density at radius 1 is 1.38 bits per heavy atom. The number of rotatable bonds is 3. The van der Waals surface area contributed by atoms with E-state index in [0.717, 1.165) is 27.7 Å². The molecule has 1 unspecified atom stereocenters. The number of hydrogen-bond acceptors (Lipinski definition) is 4. The van der Waals surface area contributed by atoms with Crippen LogP contribution in [-0.2, 0) is 4.79 Å². The molecule has 1 aliphatic heterocycles. The second-order valence-electron chi connectivity index (χ2n) is 5.03. The highest BCUT2D eigenvalue weighted by molar-refractivity contribution is 7.09. The van der Waals surface area contributed by atoms with Crippen LogP contribution in [0.2, 0.25) is 0 Å². The zero-order valence-electron chi connectivity index (χ0n) is 12.4. The van der Waals surface area contributed by atoms with Crippen molar-refractivity contribution in [2.75, 3.05) is 11.4 Å². The molecule has 110 valence electrons. The first-order chi connectivity index (χ1) is 10.1. The minimum atomic E-state index is -0.371. The molecule has 0 saturated heterocycles. The van der Waals surface area contributed by atoms with Gasteiger partial charge in [-0.2, -0.15) is 0 Å². The van der Waals surface area contributed by atoms with Gasteiger partial charge in [-0.05, 0) is 38.5 Å². The van der Waals surface area contributed by atoms with Gasteiger partial charge in [-0.25, -0.2) is 4.98 Å². The predicted octanol–water partition coefficient (Wildman–Crippen LogP) is 3.64. The Kier molecular flexibility index (Phi) is 3.68. The topological polar surface area (TPSA) is 42.4 Å². The van der Waals surface area contributed by atoms with E-state index in [4.69, 9.17) is 4.74 Å². The SMILES string of the molecule is CCC1Oc2ccc(-c3csc(C)n3)cc2N(CC)C1=O. The van der Waals surface area contributed by atoms with Crippen LogP contribution in [0.5, 0.6) is 5.75 Å². The van der Waals surface area contributed by atoms with Crippen molar-refractivity contribution in [3.8, 4) is 17.0 Å². The van der Waals surface area contributed by atoms with Gasteiger partial charge in [0.2, 0.25) is 0 Å². The number of carbonyl (C=O) groups excluding carboxylic acids is 1. The molecule has 21 heavy (non-hydrogen) atoms. The summed E-state index contributed by atoms with van der Waals surface area (Å²) in [5.74, 6) is 0.818. The molecular formula is C16H18N2O2S. The van der Waals surface area contributed by atoms with Crippen molar-refractivity contribution < 1.29 is 9.53 Å². The number of fused-ring (bicyclic) bond motifs is 1. The van der Waals surface area contributed by atoms with Crippen LogP contribution in [0.4, 0.5) is 5.69 Å². The summed E-state index contributed by atoms with van der Waals surface area (Å²) >= 11 is 1.62. The molecule has 1 aromatic carbocycles. The van der Waals surface area contributed by atoms with Crippen LogP contribution >= 0.6 is 11.3 Å². The number of likely N-dealkylation sites (N-methyl/N-ethyl adjacent to an activating group) is 1. The van der Waals surface area contributed by atoms with Gasteiger partial charge in [0, 0.05) is 17.5 Å². The highest BCUT2D eigenvalue weighted by atomic mass is 32.1. The van der Waals surface area contributed by atoms with Crippen molar-refractivity contribution in [1.82, 2.24) is 4.98 Å². The molecule has 0 radical (unpaired) electrons. The molecule has 0 spiro atoms. The third kappa shape index (κ3) is 2.42. The first kappa shape index (κ1) is 14.1. The van der Waals surface area contributed by atoms with E-state index in [2.05, 4.69) is 4.98 Å². The highest BCUT2D eigenvalue weighted by Gasteiger charge is 2.32. The normalized spacial score (nSPS) is 17.6. The van der Waals surface area contributed by atoms with E-state index in [0.29, 0.717) is 13.0 Å². The largest absolute Gasteiger partial charge is 0.478 e. The van der Waals surface area contributed by atoms with E-state index in [1.165, 1.54) is 0 Å². The number of ether oxygens (including phenoxy) is 1. The van der Waals surface area contributed by atoms with Gasteiger partial charge in [-0.3, -0.25) is 4.79 Å². The third-order valence-corrected chi connectivity index (χ3v) is 4.44. The molecule has 0 aliphatic carbocycles. The number of aryl methyl sites for hydroxylation is 1. The van der Waals surface area contributed by atoms with Crippen molar-refractivity contribution in [2.45, 2.75) is 33.3 Å². The minimum absolute atomic E-state index is 0.0408. The standard InChI is InChI=1S/C16H18N2O2S/c1-4-14-16(19)18(5-2)13-8-11(6-7-15(13)20-14)12-9-21-10(3)17-12/h6-9,14H,4-5H2,1-3H3. The fourth-order valence-electron chi connectivity index (χ4n) is 2.56. The number of amides is 1. The fraction of sp³-hybridized carbons (Fsp3) is 0.375. The number of nitrogens with zero attached hydrogens (tertiary/aromatic N) is 2. The van der Waals surface area contributed by atoms with Crippen LogP contribution in [0.25, 0.3) is 11.3 Å². The summed E-state index contributed by atoms with van der Waals surface area (Å²) in [6, 6.07) is 5.94. The van der Waals surface area contributed by atoms with E-state index in [9.17, 15) is 4.79 Å². The summed E-state index contributed by atoms with van der Waals surface area (Å²) in [7, 11) is 0. The summed E-state index contributed by atoms with van der Waals surface area (Å²) in [6.07, 6.45) is 0.312. The van der Waals surface area contributed by atoms with Crippen molar-refractivity contribution in [1.29, 1.82) is 0 Å². The van der Waals surface area contributed by atoms with Gasteiger partial charge >= 0.3 is 0 Å². The van der Waals surface area contributed by atoms with Crippen LogP contribution < -0.4 is 9.64 Å². The van der Waals surface area contributed by atoms with Gasteiger partial charge in [0.1, 0.15) is 5.75 Å². The number of benzene rings is 1. The van der Waals surface area contributed by atoms with Crippen LogP contribution in [0.3, 0.4) is 0 Å². The Hall–Kier alpha value is -1.88. The average molecular weight is 302 g/mol. The molecule has 1 aliphatic rings. The van der Waals surface area contributed by atoms with E-state index < -0.39 is 0 Å². The number of anilines is 1. The second-order valence-corrected chi connectivity index (χ2v) is 6.09. The van der Waals surface area contributed by atoms with E-state index in [1.54, 1.807) is 16.2 Å². The van der Waals surface area contributed by atoms with Gasteiger partial charge in [0.05, 0.1) is 16.4 Å². The quantitative estimate of drug-likeness (QED) is 0.869. The van der Waals surface area contributed by atoms with Crippen molar-refractivity contribution in [2.24, 2.45) is 0 Å². The first-order valence-corrected chi connectivity index (χ1v) is 8.06. The maximum atomic E-state index is 12.4. The van der Waals surface area contributed by atoms with Crippen molar-refractivity contribution in [3.05, 3.63) is 28.6 Å². The first-order valence-electron chi connectivity index (χ1n) is 7.18. The summed E-state index contributed by atoms with van der Waals surface area (Å²) in [5.41, 5.74) is 2.81. The zero-order chi connectivity index (χ0) is 15.0. The van der Waals surface area contributed by atoms with E-state index >= 15 is 0 Å². The summed E-state index contributed by atoms with van der Waals surface area (Å²) in [5, 5.41) is 3.07. The second kappa shape index (κ2) is 5.48. The Labute approximate surface area is 128 Å². The van der Waals surface area contributed by atoms with Crippen LogP contribution in [-0.4, -0.2) is 23.5 Å². The van der Waals surface area contributed by atoms with Crippen molar-refractivity contribution in [3.63, 3.8) is 0 Å². The van der Waals surface area contributed by atoms with Crippen LogP contribution in [0.15, 0.2) is 23.6 Å². The Morgan fingerprint density at radius 3 is 2.81 bits per heavy atom. The Bertz CT molecular complexity index is 681. The molecule has 0 bridgehead atoms. The molecule has 5 heteroatoms. The molecule has 4 nitrogen and oxygen atoms in total. The molecule has 1 atom stereocenters. The van der Waals surface area contributed by atoms with E-state index in [1.807, 2.05) is 44.4 Å². The lowest BCUT2D eigenvalue weighted by Crippen LogP contribution is -2.45. The number of aromatic nitrogens is 1. The average Bonchev–Trinajstić information content (AvgIpc) is 2.92. The monoisotopic (exact) mass is 302 g/mol. The highest BCUT2D eigenvalue weighted by Crippen LogP contribution is 2.38. The number of thiazole rings is 1. The molecule has 0 fully saturated rings. The Balaban J connectivity index is 2.05. The summed E-state index contributed by atoms with van der Waals surface area (Å²) in [4.78, 5) is 18.7. The fourth-order valence-corrected chi connectivity index (χ4v) is 3.19. The number of hydrogen-bond donors (Lipinski definition) is 0. The molecule has 1 amide bonds. The van der Waals surface area contributed by atoms with Crippen molar-refractivity contribution >= 4 is 22.9 Å². The third-order valence-electron chi connectivity index (χ3n) is 3.66. The van der Waals surface area contributed by atoms with Crippen LogP contribution in [0.1, 0.15) is 25.3 Å². The van der Waals surface area contributed by atoms with Gasteiger partial charge in [0.15, 0.2) is 6.10 Å². The lowest BCUT2D eigenvalue weighted by atomic mass is 10.1. The maximum absolute atomic E-state index is 12.4. The number of carbonyl (C=O) groups is 1. The molecular weight excluding hydrogens is 284 g/mol. The summed E-state index contributed by atoms with van der Waals surface area (Å²) in [6.45, 7) is 6.59. The predicted molar refractivity (Wildman–Crippen MR) is 85.0 cm³/mol. The molecule has 0 N–H and O–H groups in total. The maximum Gasteiger partial charge on any atom is 0.268 e. The van der Waals surface area contributed by atoms with Crippen LogP contribution in [0, 0.1) is 6.92 Å². The molecule has 1 aromatic heterocycles. The Morgan fingerprint density at radius 2 is 2.19 bits per heavy atom. The van der Waals surface area contributed by atoms with E-state index in [-0.39, 0.29) is 12.0 Å². The molecule has 3 rings (SSSR count). The zero-order valence-corrected chi connectivity index (χ0v) is 13.2. The molecule has 2 heterocycles. The minimum Gasteiger partial charge on any atom is -0.478 e. The molecule has 0 saturated carbocycles. The summed E-state index contributed by atoms with van der Waals surface area (Å²) < 4.78 is 5.81. The molecule has 2 aromatic rings. The van der Waals surface area contributed by atoms with Gasteiger partial charge in [-0.15, -0.1) is 11.3 Å². The van der Waals surface area contributed by atoms with Gasteiger partial charge in [-0.1, -0.05) is 6.92 Å². The lowest BCUT2D eigenvalue weighted by molar-refractivity contribution is -0.126. The van der Waals surface area contributed by atoms with Gasteiger partial charge < -0.3 is 9.64 Å². The lowest BCUT2D eigenvalue weighted by Gasteiger charge is -2.33. The van der Waals surface area contributed by atoms with Gasteiger partial charge in [0.25, 0.3) is 5.91 Å². The smallest absolute Gasteiger partial charge is 0.268 e.